The summed E-state index contributed by atoms with van der Waals surface area (Å²) in [6.45, 7) is 3.31. The van der Waals surface area contributed by atoms with E-state index in [1.807, 2.05) is 12.1 Å². The molecule has 2 fully saturated rings. The van der Waals surface area contributed by atoms with Crippen molar-refractivity contribution in [3.63, 3.8) is 0 Å². The van der Waals surface area contributed by atoms with Gasteiger partial charge < -0.3 is 4.90 Å². The minimum absolute atomic E-state index is 0.551. The Hall–Kier alpha value is -1.95. The molecular weight excluding hydrogens is 300 g/mol. The summed E-state index contributed by atoms with van der Waals surface area (Å²) in [7, 11) is 4.22. The maximum Gasteiger partial charge on any atom is 0.151 e. The highest BCUT2D eigenvalue weighted by atomic mass is 15.3. The van der Waals surface area contributed by atoms with Gasteiger partial charge in [0.15, 0.2) is 5.82 Å². The average molecular weight is 326 g/mol. The van der Waals surface area contributed by atoms with E-state index in [0.717, 1.165) is 31.4 Å². The van der Waals surface area contributed by atoms with Gasteiger partial charge in [-0.05, 0) is 37.8 Å². The minimum atomic E-state index is 0.551. The number of anilines is 1. The van der Waals surface area contributed by atoms with E-state index in [4.69, 9.17) is 0 Å². The normalized spacial score (nSPS) is 19.6. The van der Waals surface area contributed by atoms with Gasteiger partial charge in [-0.2, -0.15) is 10.2 Å². The Bertz CT molecular complexity index is 670. The topological polar surface area (TPSA) is 50.1 Å². The van der Waals surface area contributed by atoms with E-state index in [-0.39, 0.29) is 0 Å². The highest BCUT2D eigenvalue weighted by Crippen LogP contribution is 2.41. The molecule has 2 aromatic heterocycles. The first kappa shape index (κ1) is 15.6. The molecule has 0 bridgehead atoms. The number of hydrogen-bond donors (Lipinski definition) is 0. The summed E-state index contributed by atoms with van der Waals surface area (Å²) in [5.74, 6) is 1.73. The van der Waals surface area contributed by atoms with Crippen LogP contribution in [0.25, 0.3) is 0 Å². The van der Waals surface area contributed by atoms with E-state index < -0.39 is 0 Å². The molecule has 3 heterocycles. The molecule has 0 N–H and O–H groups in total. The fraction of sp³-hybridized carbons (Fsp3) is 0.611. The maximum absolute atomic E-state index is 4.49. The van der Waals surface area contributed by atoms with E-state index >= 15 is 0 Å². The summed E-state index contributed by atoms with van der Waals surface area (Å²) < 4.78 is 2.08. The lowest BCUT2D eigenvalue weighted by Crippen LogP contribution is -2.43. The van der Waals surface area contributed by atoms with E-state index in [2.05, 4.69) is 50.1 Å². The van der Waals surface area contributed by atoms with Crippen molar-refractivity contribution < 1.29 is 0 Å². The quantitative estimate of drug-likeness (QED) is 0.843. The molecule has 0 unspecified atom stereocenters. The smallest absolute Gasteiger partial charge is 0.151 e. The largest absolute Gasteiger partial charge is 0.355 e. The number of likely N-dealkylation sites (tertiary alicyclic amines) is 1. The van der Waals surface area contributed by atoms with Gasteiger partial charge in [-0.15, -0.1) is 5.10 Å². The molecule has 2 aliphatic rings. The number of nitrogens with zero attached hydrogens (tertiary/aromatic N) is 6. The Morgan fingerprint density at radius 2 is 2.00 bits per heavy atom. The first-order valence-corrected chi connectivity index (χ1v) is 8.96. The molecule has 6 heteroatoms. The van der Waals surface area contributed by atoms with Gasteiger partial charge in [0.1, 0.15) is 0 Å². The molecular formula is C18H26N6. The molecule has 1 aliphatic carbocycles. The van der Waals surface area contributed by atoms with Crippen LogP contribution in [0.3, 0.4) is 0 Å². The Labute approximate surface area is 143 Å². The van der Waals surface area contributed by atoms with Crippen molar-refractivity contribution in [1.29, 1.82) is 0 Å². The zero-order chi connectivity index (χ0) is 16.5. The van der Waals surface area contributed by atoms with E-state index in [1.54, 1.807) is 6.20 Å². The third-order valence-electron chi connectivity index (χ3n) is 5.45. The Balaban J connectivity index is 1.35. The fourth-order valence-corrected chi connectivity index (χ4v) is 3.87. The van der Waals surface area contributed by atoms with Crippen molar-refractivity contribution in [2.24, 2.45) is 7.05 Å². The predicted molar refractivity (Wildman–Crippen MR) is 93.9 cm³/mol. The third-order valence-corrected chi connectivity index (χ3v) is 5.45. The van der Waals surface area contributed by atoms with Crippen molar-refractivity contribution >= 4 is 5.82 Å². The zero-order valence-corrected chi connectivity index (χ0v) is 14.6. The molecule has 24 heavy (non-hydrogen) atoms. The standard InChI is InChI=1S/C18H26N6/c1-22(17-4-3-9-19-21-17)16-7-10-24(11-8-16)13-15-12-20-23(2)18(15)14-5-6-14/h3-4,9,12,14,16H,5-8,10-11,13H2,1-2H3. The number of hydrogen-bond acceptors (Lipinski definition) is 5. The number of piperidine rings is 1. The summed E-state index contributed by atoms with van der Waals surface area (Å²) in [5.41, 5.74) is 2.90. The second-order valence-electron chi connectivity index (χ2n) is 7.15. The summed E-state index contributed by atoms with van der Waals surface area (Å²) in [5, 5.41) is 12.7. The summed E-state index contributed by atoms with van der Waals surface area (Å²) in [6.07, 6.45) is 8.81. The number of aryl methyl sites for hydroxylation is 1. The highest BCUT2D eigenvalue weighted by Gasteiger charge is 2.30. The maximum atomic E-state index is 4.49. The summed E-state index contributed by atoms with van der Waals surface area (Å²) >= 11 is 0. The van der Waals surface area contributed by atoms with Gasteiger partial charge in [-0.25, -0.2) is 0 Å². The molecule has 1 saturated carbocycles. The van der Waals surface area contributed by atoms with Crippen molar-refractivity contribution in [2.45, 2.75) is 44.2 Å². The molecule has 0 amide bonds. The monoisotopic (exact) mass is 326 g/mol. The van der Waals surface area contributed by atoms with E-state index in [0.29, 0.717) is 6.04 Å². The molecule has 0 aromatic carbocycles. The average Bonchev–Trinajstić information content (AvgIpc) is 3.39. The van der Waals surface area contributed by atoms with Gasteiger partial charge in [-0.1, -0.05) is 0 Å². The van der Waals surface area contributed by atoms with Crippen LogP contribution >= 0.6 is 0 Å². The predicted octanol–water partition coefficient (Wildman–Crippen LogP) is 2.19. The molecule has 0 radical (unpaired) electrons. The first-order valence-electron chi connectivity index (χ1n) is 8.96. The van der Waals surface area contributed by atoms with Crippen LogP contribution in [-0.4, -0.2) is 51.1 Å². The van der Waals surface area contributed by atoms with Crippen LogP contribution in [0.15, 0.2) is 24.5 Å². The van der Waals surface area contributed by atoms with Crippen LogP contribution in [0, 0.1) is 0 Å². The van der Waals surface area contributed by atoms with Gasteiger partial charge in [0.25, 0.3) is 0 Å². The molecule has 0 atom stereocenters. The second kappa shape index (κ2) is 6.51. The van der Waals surface area contributed by atoms with E-state index in [1.165, 1.54) is 36.9 Å². The lowest BCUT2D eigenvalue weighted by Gasteiger charge is -2.37. The van der Waals surface area contributed by atoms with Gasteiger partial charge in [-0.3, -0.25) is 9.58 Å². The fourth-order valence-electron chi connectivity index (χ4n) is 3.87. The van der Waals surface area contributed by atoms with Crippen LogP contribution in [0.1, 0.15) is 42.9 Å². The van der Waals surface area contributed by atoms with Crippen molar-refractivity contribution in [2.75, 3.05) is 25.0 Å². The van der Waals surface area contributed by atoms with Crippen LogP contribution < -0.4 is 4.90 Å². The Kier molecular flexibility index (Phi) is 4.22. The number of aromatic nitrogens is 4. The van der Waals surface area contributed by atoms with Crippen molar-refractivity contribution in [3.8, 4) is 0 Å². The molecule has 2 aromatic rings. The summed E-state index contributed by atoms with van der Waals surface area (Å²) in [6, 6.07) is 4.54. The van der Waals surface area contributed by atoms with Gasteiger partial charge in [0.05, 0.1) is 6.20 Å². The summed E-state index contributed by atoms with van der Waals surface area (Å²) in [4.78, 5) is 4.86. The van der Waals surface area contributed by atoms with Gasteiger partial charge in [0.2, 0.25) is 0 Å². The van der Waals surface area contributed by atoms with E-state index in [9.17, 15) is 0 Å². The van der Waals surface area contributed by atoms with Crippen LogP contribution in [0.2, 0.25) is 0 Å². The van der Waals surface area contributed by atoms with Crippen LogP contribution in [0.4, 0.5) is 5.82 Å². The molecule has 4 rings (SSSR count). The molecule has 1 aliphatic heterocycles. The SMILES string of the molecule is CN(c1cccnn1)C1CCN(Cc2cnn(C)c2C2CC2)CC1. The lowest BCUT2D eigenvalue weighted by atomic mass is 10.0. The molecule has 128 valence electrons. The Morgan fingerprint density at radius 3 is 2.67 bits per heavy atom. The van der Waals surface area contributed by atoms with Crippen molar-refractivity contribution in [1.82, 2.24) is 24.9 Å². The first-order chi connectivity index (χ1) is 11.7. The molecule has 0 spiro atoms. The second-order valence-corrected chi connectivity index (χ2v) is 7.15. The lowest BCUT2D eigenvalue weighted by molar-refractivity contribution is 0.202. The van der Waals surface area contributed by atoms with Crippen LogP contribution in [0.5, 0.6) is 0 Å². The van der Waals surface area contributed by atoms with Gasteiger partial charge in [0, 0.05) is 63.1 Å². The van der Waals surface area contributed by atoms with Crippen LogP contribution in [-0.2, 0) is 13.6 Å². The zero-order valence-electron chi connectivity index (χ0n) is 14.6. The third kappa shape index (κ3) is 3.15. The Morgan fingerprint density at radius 1 is 1.21 bits per heavy atom. The van der Waals surface area contributed by atoms with Gasteiger partial charge >= 0.3 is 0 Å². The minimum Gasteiger partial charge on any atom is -0.355 e. The van der Waals surface area contributed by atoms with Crippen molar-refractivity contribution in [3.05, 3.63) is 35.8 Å². The number of rotatable bonds is 5. The molecule has 6 nitrogen and oxygen atoms in total. The molecule has 1 saturated heterocycles. The highest BCUT2D eigenvalue weighted by molar-refractivity contribution is 5.36.